The summed E-state index contributed by atoms with van der Waals surface area (Å²) in [5, 5.41) is 14.9. The quantitative estimate of drug-likeness (QED) is 0.720. The Morgan fingerprint density at radius 2 is 2.21 bits per heavy atom. The van der Waals surface area contributed by atoms with Crippen molar-refractivity contribution in [3.8, 4) is 5.75 Å². The van der Waals surface area contributed by atoms with Crippen LogP contribution in [0.2, 0.25) is 0 Å². The number of phenolic OH excluding ortho intramolecular Hbond substituents is 1. The number of anilines is 1. The molecule has 19 heavy (non-hydrogen) atoms. The monoisotopic (exact) mass is 273 g/mol. The summed E-state index contributed by atoms with van der Waals surface area (Å²) in [5.74, 6) is 0.325. The summed E-state index contributed by atoms with van der Waals surface area (Å²) in [6.07, 6.45) is 2.04. The van der Waals surface area contributed by atoms with Gasteiger partial charge in [0, 0.05) is 17.3 Å². The van der Waals surface area contributed by atoms with Crippen LogP contribution in [0, 0.1) is 13.8 Å². The average molecular weight is 273 g/mol. The number of thiazole rings is 1. The number of nitrogens with one attached hydrogen (secondary N) is 1. The summed E-state index contributed by atoms with van der Waals surface area (Å²) in [7, 11) is 0. The lowest BCUT2D eigenvalue weighted by Gasteiger charge is -2.08. The van der Waals surface area contributed by atoms with Crippen molar-refractivity contribution in [1.29, 1.82) is 0 Å². The molecule has 2 N–H and O–H groups in total. The maximum absolute atomic E-state index is 9.51. The molecule has 2 heterocycles. The van der Waals surface area contributed by atoms with E-state index in [1.807, 2.05) is 37.6 Å². The van der Waals surface area contributed by atoms with Crippen LogP contribution in [0.3, 0.4) is 0 Å². The zero-order chi connectivity index (χ0) is 13.4. The molecule has 1 aromatic carbocycles. The summed E-state index contributed by atoms with van der Waals surface area (Å²) in [5.41, 5.74) is 4.09. The van der Waals surface area contributed by atoms with E-state index in [2.05, 4.69) is 14.7 Å². The van der Waals surface area contributed by atoms with Gasteiger partial charge in [0.25, 0.3) is 0 Å². The molecule has 2 aromatic heterocycles. The molecule has 4 nitrogen and oxygen atoms in total. The fourth-order valence-corrected chi connectivity index (χ4v) is 2.88. The van der Waals surface area contributed by atoms with Crippen molar-refractivity contribution in [2.24, 2.45) is 0 Å². The van der Waals surface area contributed by atoms with Crippen LogP contribution in [-0.2, 0) is 6.54 Å². The van der Waals surface area contributed by atoms with Crippen LogP contribution in [0.5, 0.6) is 5.75 Å². The molecule has 0 aliphatic heterocycles. The Morgan fingerprint density at radius 3 is 3.00 bits per heavy atom. The van der Waals surface area contributed by atoms with Crippen molar-refractivity contribution in [3.63, 3.8) is 0 Å². The predicted molar refractivity (Wildman–Crippen MR) is 78.0 cm³/mol. The molecule has 0 unspecified atom stereocenters. The second-order valence-corrected chi connectivity index (χ2v) is 5.43. The molecule has 0 bridgehead atoms. The van der Waals surface area contributed by atoms with Crippen LogP contribution in [0.25, 0.3) is 4.96 Å². The maximum atomic E-state index is 9.51. The maximum Gasteiger partial charge on any atom is 0.194 e. The summed E-state index contributed by atoms with van der Waals surface area (Å²) >= 11 is 1.64. The highest BCUT2D eigenvalue weighted by molar-refractivity contribution is 7.15. The lowest BCUT2D eigenvalue weighted by atomic mass is 10.2. The second-order valence-electron chi connectivity index (χ2n) is 4.55. The van der Waals surface area contributed by atoms with E-state index in [-0.39, 0.29) is 0 Å². The molecule has 0 spiro atoms. The minimum absolute atomic E-state index is 0.325. The molecular weight excluding hydrogens is 258 g/mol. The number of nitrogens with zero attached hydrogens (tertiary/aromatic N) is 2. The molecule has 3 aromatic rings. The fraction of sp³-hybridized carbons (Fsp3) is 0.214. The molecule has 5 heteroatoms. The van der Waals surface area contributed by atoms with E-state index in [0.717, 1.165) is 21.9 Å². The number of hydrogen-bond acceptors (Lipinski definition) is 4. The topological polar surface area (TPSA) is 49.6 Å². The SMILES string of the molecule is Cc1cc(NCc2c(C)nc3sccn23)ccc1O. The standard InChI is InChI=1S/C14H15N3OS/c1-9-7-11(3-4-13(9)18)15-8-12-10(2)16-14-17(12)5-6-19-14/h3-7,15,18H,8H2,1-2H3. The van der Waals surface area contributed by atoms with Gasteiger partial charge in [-0.3, -0.25) is 4.40 Å². The van der Waals surface area contributed by atoms with E-state index in [1.165, 1.54) is 5.69 Å². The number of phenols is 1. The molecule has 98 valence electrons. The second kappa shape index (κ2) is 4.59. The Labute approximate surface area is 115 Å². The van der Waals surface area contributed by atoms with Crippen molar-refractivity contribution in [3.05, 3.63) is 46.7 Å². The Balaban J connectivity index is 1.83. The number of aryl methyl sites for hydroxylation is 2. The Hall–Kier alpha value is -2.01. The van der Waals surface area contributed by atoms with Gasteiger partial charge in [-0.15, -0.1) is 11.3 Å². The van der Waals surface area contributed by atoms with Gasteiger partial charge in [-0.25, -0.2) is 4.98 Å². The summed E-state index contributed by atoms with van der Waals surface area (Å²) in [6.45, 7) is 4.63. The van der Waals surface area contributed by atoms with Crippen molar-refractivity contribution < 1.29 is 5.11 Å². The third-order valence-electron chi connectivity index (χ3n) is 3.22. The Morgan fingerprint density at radius 1 is 1.37 bits per heavy atom. The van der Waals surface area contributed by atoms with Gasteiger partial charge in [0.2, 0.25) is 0 Å². The summed E-state index contributed by atoms with van der Waals surface area (Å²) in [4.78, 5) is 5.54. The van der Waals surface area contributed by atoms with E-state index in [9.17, 15) is 5.11 Å². The van der Waals surface area contributed by atoms with Gasteiger partial charge in [0.15, 0.2) is 4.96 Å². The normalized spacial score (nSPS) is 11.1. The number of aromatic nitrogens is 2. The lowest BCUT2D eigenvalue weighted by Crippen LogP contribution is -2.03. The van der Waals surface area contributed by atoms with Crippen molar-refractivity contribution in [2.45, 2.75) is 20.4 Å². The zero-order valence-corrected chi connectivity index (χ0v) is 11.7. The van der Waals surface area contributed by atoms with E-state index in [4.69, 9.17) is 0 Å². The molecule has 0 radical (unpaired) electrons. The van der Waals surface area contributed by atoms with Crippen LogP contribution in [0.15, 0.2) is 29.8 Å². The summed E-state index contributed by atoms with van der Waals surface area (Å²) < 4.78 is 2.11. The molecule has 0 fully saturated rings. The van der Waals surface area contributed by atoms with Gasteiger partial charge in [-0.05, 0) is 37.6 Å². The molecule has 3 rings (SSSR count). The minimum atomic E-state index is 0.325. The van der Waals surface area contributed by atoms with E-state index < -0.39 is 0 Å². The number of rotatable bonds is 3. The van der Waals surface area contributed by atoms with Crippen LogP contribution >= 0.6 is 11.3 Å². The number of hydrogen-bond donors (Lipinski definition) is 2. The smallest absolute Gasteiger partial charge is 0.194 e. The van der Waals surface area contributed by atoms with Gasteiger partial charge < -0.3 is 10.4 Å². The van der Waals surface area contributed by atoms with Gasteiger partial charge in [-0.1, -0.05) is 0 Å². The van der Waals surface area contributed by atoms with Crippen molar-refractivity contribution >= 4 is 22.0 Å². The molecule has 0 saturated heterocycles. The van der Waals surface area contributed by atoms with Crippen molar-refractivity contribution in [2.75, 3.05) is 5.32 Å². The number of fused-ring (bicyclic) bond motifs is 1. The number of aromatic hydroxyl groups is 1. The van der Waals surface area contributed by atoms with Gasteiger partial charge in [0.05, 0.1) is 17.9 Å². The van der Waals surface area contributed by atoms with Crippen LogP contribution in [0.4, 0.5) is 5.69 Å². The molecule has 0 aliphatic rings. The third-order valence-corrected chi connectivity index (χ3v) is 3.97. The van der Waals surface area contributed by atoms with Crippen molar-refractivity contribution in [1.82, 2.24) is 9.38 Å². The lowest BCUT2D eigenvalue weighted by molar-refractivity contribution is 0.471. The van der Waals surface area contributed by atoms with Gasteiger partial charge >= 0.3 is 0 Å². The van der Waals surface area contributed by atoms with Gasteiger partial charge in [-0.2, -0.15) is 0 Å². The summed E-state index contributed by atoms with van der Waals surface area (Å²) in [6, 6.07) is 5.53. The Bertz CT molecular complexity index is 729. The third kappa shape index (κ3) is 2.17. The average Bonchev–Trinajstić information content (AvgIpc) is 2.92. The van der Waals surface area contributed by atoms with E-state index in [1.54, 1.807) is 17.4 Å². The molecule has 0 amide bonds. The minimum Gasteiger partial charge on any atom is -0.508 e. The highest BCUT2D eigenvalue weighted by Crippen LogP contribution is 2.22. The molecule has 0 atom stereocenters. The van der Waals surface area contributed by atoms with Crippen LogP contribution < -0.4 is 5.32 Å². The fourth-order valence-electron chi connectivity index (χ4n) is 2.10. The highest BCUT2D eigenvalue weighted by atomic mass is 32.1. The largest absolute Gasteiger partial charge is 0.508 e. The first-order chi connectivity index (χ1) is 9.15. The molecule has 0 saturated carbocycles. The molecule has 0 aliphatic carbocycles. The first-order valence-electron chi connectivity index (χ1n) is 6.09. The predicted octanol–water partition coefficient (Wildman–Crippen LogP) is 3.33. The highest BCUT2D eigenvalue weighted by Gasteiger charge is 2.09. The first kappa shape index (κ1) is 12.0. The van der Waals surface area contributed by atoms with Gasteiger partial charge in [0.1, 0.15) is 5.75 Å². The van der Waals surface area contributed by atoms with Crippen LogP contribution in [0.1, 0.15) is 17.0 Å². The van der Waals surface area contributed by atoms with Crippen LogP contribution in [-0.4, -0.2) is 14.5 Å². The van der Waals surface area contributed by atoms with E-state index in [0.29, 0.717) is 12.3 Å². The number of imidazole rings is 1. The number of benzene rings is 1. The molecular formula is C14H15N3OS. The zero-order valence-electron chi connectivity index (χ0n) is 10.8. The first-order valence-corrected chi connectivity index (χ1v) is 6.97. The van der Waals surface area contributed by atoms with E-state index >= 15 is 0 Å². The Kier molecular flexibility index (Phi) is 2.91.